The summed E-state index contributed by atoms with van der Waals surface area (Å²) in [6, 6.07) is 7.64. The van der Waals surface area contributed by atoms with Crippen LogP contribution in [0.1, 0.15) is 24.8 Å². The number of nitrogens with zero attached hydrogens (tertiary/aromatic N) is 1. The van der Waals surface area contributed by atoms with Gasteiger partial charge in [0.05, 0.1) is 0 Å². The molecule has 0 radical (unpaired) electrons. The first-order valence-corrected chi connectivity index (χ1v) is 5.31. The Morgan fingerprint density at radius 2 is 1.94 bits per heavy atom. The lowest BCUT2D eigenvalue weighted by Gasteiger charge is -2.15. The molecule has 1 aromatic rings. The van der Waals surface area contributed by atoms with Gasteiger partial charge in [0.2, 0.25) is 5.91 Å². The van der Waals surface area contributed by atoms with Gasteiger partial charge in [0, 0.05) is 26.2 Å². The first-order chi connectivity index (χ1) is 7.49. The summed E-state index contributed by atoms with van der Waals surface area (Å²) in [6.07, 6.45) is 0.474. The average Bonchev–Trinajstić information content (AvgIpc) is 2.16. The van der Waals surface area contributed by atoms with Crippen molar-refractivity contribution in [1.29, 1.82) is 0 Å². The highest BCUT2D eigenvalue weighted by molar-refractivity contribution is 5.76. The zero-order chi connectivity index (χ0) is 12.1. The van der Waals surface area contributed by atoms with Crippen molar-refractivity contribution in [3.63, 3.8) is 0 Å². The summed E-state index contributed by atoms with van der Waals surface area (Å²) in [5, 5.41) is 1.65. The molecule has 0 aliphatic carbocycles. The molecule has 1 rings (SSSR count). The Balaban J connectivity index is 2.55. The van der Waals surface area contributed by atoms with E-state index in [-0.39, 0.29) is 11.8 Å². The van der Waals surface area contributed by atoms with Crippen LogP contribution in [0.4, 0.5) is 5.69 Å². The van der Waals surface area contributed by atoms with Gasteiger partial charge in [-0.1, -0.05) is 19.1 Å². The van der Waals surface area contributed by atoms with Crippen LogP contribution in [0, 0.1) is 0 Å². The average molecular weight is 221 g/mol. The molecule has 0 heterocycles. The van der Waals surface area contributed by atoms with Gasteiger partial charge in [-0.2, -0.15) is 0 Å². The van der Waals surface area contributed by atoms with E-state index in [0.29, 0.717) is 6.42 Å². The maximum absolute atomic E-state index is 11.5. The van der Waals surface area contributed by atoms with E-state index >= 15 is 0 Å². The summed E-state index contributed by atoms with van der Waals surface area (Å²) in [5.41, 5.74) is 10.2. The van der Waals surface area contributed by atoms with Crippen molar-refractivity contribution in [2.75, 3.05) is 19.8 Å². The molecule has 1 atom stereocenters. The van der Waals surface area contributed by atoms with E-state index in [1.165, 1.54) is 0 Å². The number of nitrogen functional groups attached to an aromatic ring is 1. The smallest absolute Gasteiger partial charge is 0.234 e. The van der Waals surface area contributed by atoms with E-state index in [1.54, 1.807) is 19.1 Å². The minimum Gasteiger partial charge on any atom is -0.399 e. The zero-order valence-electron chi connectivity index (χ0n) is 10.0. The molecule has 0 saturated carbocycles. The molecule has 0 saturated heterocycles. The molecule has 88 valence electrons. The topological polar surface area (TPSA) is 58.4 Å². The highest BCUT2D eigenvalue weighted by Crippen LogP contribution is 2.19. The minimum absolute atomic E-state index is 0.0225. The molecular formula is C12H19N3O. The molecule has 3 N–H and O–H groups in total. The van der Waals surface area contributed by atoms with E-state index in [4.69, 9.17) is 5.73 Å². The molecule has 0 aliphatic heterocycles. The molecule has 1 amide bonds. The quantitative estimate of drug-likeness (QED) is 0.596. The van der Waals surface area contributed by atoms with Crippen molar-refractivity contribution >= 4 is 11.6 Å². The lowest BCUT2D eigenvalue weighted by atomic mass is 9.97. The number of hydrogen-bond acceptors (Lipinski definition) is 3. The number of carbonyl (C=O) groups excluding carboxylic acids is 1. The molecule has 4 heteroatoms. The number of nitrogens with one attached hydrogen (secondary N) is 1. The van der Waals surface area contributed by atoms with Gasteiger partial charge in [-0.25, -0.2) is 5.01 Å². The van der Waals surface area contributed by atoms with Crippen molar-refractivity contribution in [1.82, 2.24) is 10.4 Å². The minimum atomic E-state index is 0.0225. The Hall–Kier alpha value is -1.55. The molecular weight excluding hydrogens is 202 g/mol. The van der Waals surface area contributed by atoms with Crippen molar-refractivity contribution < 1.29 is 4.79 Å². The van der Waals surface area contributed by atoms with Gasteiger partial charge in [0.25, 0.3) is 0 Å². The maximum atomic E-state index is 11.5. The van der Waals surface area contributed by atoms with Crippen molar-refractivity contribution in [3.8, 4) is 0 Å². The fraction of sp³-hybridized carbons (Fsp3) is 0.417. The molecule has 0 bridgehead atoms. The number of anilines is 1. The Bertz CT molecular complexity index is 346. The van der Waals surface area contributed by atoms with E-state index in [1.807, 2.05) is 31.2 Å². The van der Waals surface area contributed by atoms with E-state index in [0.717, 1.165) is 11.3 Å². The van der Waals surface area contributed by atoms with Crippen LogP contribution in [0.3, 0.4) is 0 Å². The van der Waals surface area contributed by atoms with Gasteiger partial charge in [0.1, 0.15) is 0 Å². The van der Waals surface area contributed by atoms with E-state index in [2.05, 4.69) is 5.43 Å². The summed E-state index contributed by atoms with van der Waals surface area (Å²) in [7, 11) is 3.59. The van der Waals surface area contributed by atoms with Crippen molar-refractivity contribution in [2.45, 2.75) is 19.3 Å². The lowest BCUT2D eigenvalue weighted by Crippen LogP contribution is -2.36. The molecule has 1 unspecified atom stereocenters. The maximum Gasteiger partial charge on any atom is 0.234 e. The van der Waals surface area contributed by atoms with Crippen LogP contribution in [-0.2, 0) is 4.79 Å². The van der Waals surface area contributed by atoms with Crippen LogP contribution in [0.2, 0.25) is 0 Å². The van der Waals surface area contributed by atoms with Crippen LogP contribution in [0.5, 0.6) is 0 Å². The first-order valence-electron chi connectivity index (χ1n) is 5.31. The first kappa shape index (κ1) is 12.5. The Morgan fingerprint density at radius 3 is 2.44 bits per heavy atom. The third-order valence-corrected chi connectivity index (χ3v) is 2.35. The molecule has 1 aromatic carbocycles. The highest BCUT2D eigenvalue weighted by Gasteiger charge is 2.11. The molecule has 0 spiro atoms. The SMILES string of the molecule is CC(CC(=O)NN(C)C)c1ccc(N)cc1. The molecule has 0 aromatic heterocycles. The summed E-state index contributed by atoms with van der Waals surface area (Å²) in [5.74, 6) is 0.217. The monoisotopic (exact) mass is 221 g/mol. The third-order valence-electron chi connectivity index (χ3n) is 2.35. The van der Waals surface area contributed by atoms with Crippen molar-refractivity contribution in [2.24, 2.45) is 0 Å². The number of nitrogens with two attached hydrogens (primary N) is 1. The second kappa shape index (κ2) is 5.51. The van der Waals surface area contributed by atoms with Gasteiger partial charge in [0.15, 0.2) is 0 Å². The zero-order valence-corrected chi connectivity index (χ0v) is 10.0. The van der Waals surface area contributed by atoms with Gasteiger partial charge < -0.3 is 5.73 Å². The van der Waals surface area contributed by atoms with E-state index < -0.39 is 0 Å². The molecule has 0 fully saturated rings. The summed E-state index contributed by atoms with van der Waals surface area (Å²) in [6.45, 7) is 2.03. The number of carbonyl (C=O) groups is 1. The van der Waals surface area contributed by atoms with E-state index in [9.17, 15) is 4.79 Å². The standard InChI is InChI=1S/C12H19N3O/c1-9(8-12(16)14-15(2)3)10-4-6-11(13)7-5-10/h4-7,9H,8,13H2,1-3H3,(H,14,16). The molecule has 0 aliphatic rings. The predicted octanol–water partition coefficient (Wildman–Crippen LogP) is 1.36. The number of amides is 1. The Morgan fingerprint density at radius 1 is 1.38 bits per heavy atom. The lowest BCUT2D eigenvalue weighted by molar-refractivity contribution is -0.125. The Labute approximate surface area is 96.4 Å². The van der Waals surface area contributed by atoms with Crippen LogP contribution in [0.25, 0.3) is 0 Å². The van der Waals surface area contributed by atoms with Crippen LogP contribution >= 0.6 is 0 Å². The largest absolute Gasteiger partial charge is 0.399 e. The predicted molar refractivity (Wildman–Crippen MR) is 65.7 cm³/mol. The number of hydrazine groups is 1. The van der Waals surface area contributed by atoms with Gasteiger partial charge in [-0.15, -0.1) is 0 Å². The molecule has 16 heavy (non-hydrogen) atoms. The summed E-state index contributed by atoms with van der Waals surface area (Å²) < 4.78 is 0. The van der Waals surface area contributed by atoms with Gasteiger partial charge >= 0.3 is 0 Å². The molecule has 4 nitrogen and oxygen atoms in total. The number of rotatable bonds is 4. The second-order valence-corrected chi connectivity index (χ2v) is 4.20. The third kappa shape index (κ3) is 3.90. The number of benzene rings is 1. The highest BCUT2D eigenvalue weighted by atomic mass is 16.2. The normalized spacial score (nSPS) is 12.5. The number of hydrogen-bond donors (Lipinski definition) is 2. The summed E-state index contributed by atoms with van der Waals surface area (Å²) >= 11 is 0. The summed E-state index contributed by atoms with van der Waals surface area (Å²) in [4.78, 5) is 11.5. The fourth-order valence-electron chi connectivity index (χ4n) is 1.52. The van der Waals surface area contributed by atoms with Crippen molar-refractivity contribution in [3.05, 3.63) is 29.8 Å². The fourth-order valence-corrected chi connectivity index (χ4v) is 1.52. The Kier molecular flexibility index (Phi) is 4.31. The van der Waals surface area contributed by atoms with Crippen LogP contribution in [0.15, 0.2) is 24.3 Å². The van der Waals surface area contributed by atoms with Crippen LogP contribution < -0.4 is 11.2 Å². The van der Waals surface area contributed by atoms with Gasteiger partial charge in [-0.05, 0) is 23.6 Å². The second-order valence-electron chi connectivity index (χ2n) is 4.20. The van der Waals surface area contributed by atoms with Crippen LogP contribution in [-0.4, -0.2) is 25.0 Å². The van der Waals surface area contributed by atoms with Gasteiger partial charge in [-0.3, -0.25) is 10.2 Å².